The molecule has 0 bridgehead atoms. The van der Waals surface area contributed by atoms with Crippen LogP contribution in [0.2, 0.25) is 5.02 Å². The summed E-state index contributed by atoms with van der Waals surface area (Å²) in [6, 6.07) is 1.62. The molecule has 1 amide bonds. The summed E-state index contributed by atoms with van der Waals surface area (Å²) in [5, 5.41) is 12.4. The normalized spacial score (nSPS) is 17.5. The third-order valence-corrected chi connectivity index (χ3v) is 2.95. The molecule has 1 aliphatic rings. The number of nitrogens with one attached hydrogen (secondary N) is 1. The van der Waals surface area contributed by atoms with E-state index in [9.17, 15) is 4.79 Å². The first-order chi connectivity index (χ1) is 7.06. The molecule has 0 aliphatic heterocycles. The second-order valence-electron chi connectivity index (χ2n) is 4.05. The first kappa shape index (κ1) is 10.5. The molecular formula is C10H13ClN2O2. The molecule has 0 unspecified atom stereocenters. The molecule has 82 valence electrons. The molecular weight excluding hydrogens is 216 g/mol. The van der Waals surface area contributed by atoms with E-state index in [-0.39, 0.29) is 18.1 Å². The maximum absolute atomic E-state index is 11.8. The highest BCUT2D eigenvalue weighted by molar-refractivity contribution is 6.31. The van der Waals surface area contributed by atoms with Gasteiger partial charge in [0.15, 0.2) is 0 Å². The van der Waals surface area contributed by atoms with Crippen molar-refractivity contribution in [2.24, 2.45) is 7.05 Å². The highest BCUT2D eigenvalue weighted by Crippen LogP contribution is 2.34. The van der Waals surface area contributed by atoms with Gasteiger partial charge in [-0.25, -0.2) is 0 Å². The van der Waals surface area contributed by atoms with Crippen molar-refractivity contribution in [3.05, 3.63) is 23.0 Å². The number of aliphatic hydroxyl groups is 1. The molecule has 0 aromatic carbocycles. The van der Waals surface area contributed by atoms with Crippen LogP contribution < -0.4 is 5.32 Å². The maximum atomic E-state index is 11.8. The fraction of sp³-hybridized carbons (Fsp3) is 0.500. The predicted octanol–water partition coefficient (Wildman–Crippen LogP) is 0.933. The fourth-order valence-corrected chi connectivity index (χ4v) is 1.78. The molecule has 0 radical (unpaired) electrons. The summed E-state index contributed by atoms with van der Waals surface area (Å²) in [7, 11) is 1.76. The molecule has 0 saturated heterocycles. The number of aromatic nitrogens is 1. The van der Waals surface area contributed by atoms with Crippen LogP contribution in [0.25, 0.3) is 0 Å². The number of carbonyl (C=O) groups excluding carboxylic acids is 1. The van der Waals surface area contributed by atoms with Gasteiger partial charge >= 0.3 is 0 Å². The van der Waals surface area contributed by atoms with Gasteiger partial charge in [-0.1, -0.05) is 11.6 Å². The van der Waals surface area contributed by atoms with Crippen LogP contribution in [0.1, 0.15) is 23.3 Å². The van der Waals surface area contributed by atoms with Crippen molar-refractivity contribution in [2.75, 3.05) is 6.61 Å². The van der Waals surface area contributed by atoms with Gasteiger partial charge in [-0.05, 0) is 18.9 Å². The number of halogens is 1. The molecule has 1 fully saturated rings. The van der Waals surface area contributed by atoms with E-state index in [1.807, 2.05) is 0 Å². The standard InChI is InChI=1S/C10H13ClN2O2/c1-13-5-7(11)4-8(13)9(15)12-10(6-14)2-3-10/h4-5,14H,2-3,6H2,1H3,(H,12,15). The fourth-order valence-electron chi connectivity index (χ4n) is 1.53. The Morgan fingerprint density at radius 3 is 2.80 bits per heavy atom. The molecule has 0 atom stereocenters. The van der Waals surface area contributed by atoms with Gasteiger partial charge in [-0.3, -0.25) is 4.79 Å². The number of nitrogens with zero attached hydrogens (tertiary/aromatic N) is 1. The van der Waals surface area contributed by atoms with Crippen LogP contribution in [-0.2, 0) is 7.05 Å². The van der Waals surface area contributed by atoms with E-state index >= 15 is 0 Å². The summed E-state index contributed by atoms with van der Waals surface area (Å²) in [5.74, 6) is -0.184. The highest BCUT2D eigenvalue weighted by Gasteiger charge is 2.43. The number of aliphatic hydroxyl groups excluding tert-OH is 1. The molecule has 0 spiro atoms. The monoisotopic (exact) mass is 228 g/mol. The van der Waals surface area contributed by atoms with Crippen LogP contribution in [0.4, 0.5) is 0 Å². The average Bonchev–Trinajstić information content (AvgIpc) is 2.86. The van der Waals surface area contributed by atoms with Crippen LogP contribution in [0, 0.1) is 0 Å². The Morgan fingerprint density at radius 2 is 2.40 bits per heavy atom. The molecule has 5 heteroatoms. The van der Waals surface area contributed by atoms with Crippen molar-refractivity contribution in [3.8, 4) is 0 Å². The molecule has 15 heavy (non-hydrogen) atoms. The molecule has 1 heterocycles. The summed E-state index contributed by atoms with van der Waals surface area (Å²) >= 11 is 5.78. The summed E-state index contributed by atoms with van der Waals surface area (Å²) in [5.41, 5.74) is 0.133. The van der Waals surface area contributed by atoms with E-state index in [4.69, 9.17) is 16.7 Å². The lowest BCUT2D eigenvalue weighted by Gasteiger charge is -2.14. The van der Waals surface area contributed by atoms with Crippen LogP contribution in [0.15, 0.2) is 12.3 Å². The van der Waals surface area contributed by atoms with Gasteiger partial charge < -0.3 is 15.0 Å². The Bertz CT molecular complexity index is 396. The first-order valence-corrected chi connectivity index (χ1v) is 5.19. The van der Waals surface area contributed by atoms with Crippen molar-refractivity contribution in [2.45, 2.75) is 18.4 Å². The third kappa shape index (κ3) is 2.01. The van der Waals surface area contributed by atoms with Gasteiger partial charge in [-0.15, -0.1) is 0 Å². The number of aryl methyl sites for hydroxylation is 1. The average molecular weight is 229 g/mol. The Balaban J connectivity index is 2.11. The number of rotatable bonds is 3. The summed E-state index contributed by atoms with van der Waals surface area (Å²) in [6.45, 7) is -0.00308. The molecule has 1 aliphatic carbocycles. The lowest BCUT2D eigenvalue weighted by Crippen LogP contribution is -2.40. The second kappa shape index (κ2) is 3.54. The zero-order valence-electron chi connectivity index (χ0n) is 8.46. The van der Waals surface area contributed by atoms with Crippen LogP contribution in [0.3, 0.4) is 0 Å². The van der Waals surface area contributed by atoms with Crippen molar-refractivity contribution in [1.82, 2.24) is 9.88 Å². The van der Waals surface area contributed by atoms with Crippen LogP contribution in [-0.4, -0.2) is 27.7 Å². The van der Waals surface area contributed by atoms with Crippen molar-refractivity contribution in [1.29, 1.82) is 0 Å². The molecule has 4 nitrogen and oxygen atoms in total. The van der Waals surface area contributed by atoms with E-state index < -0.39 is 0 Å². The zero-order valence-corrected chi connectivity index (χ0v) is 9.21. The van der Waals surface area contributed by atoms with Crippen molar-refractivity contribution in [3.63, 3.8) is 0 Å². The van der Waals surface area contributed by atoms with Gasteiger partial charge in [0.2, 0.25) is 0 Å². The Hall–Kier alpha value is -1.00. The molecule has 1 saturated carbocycles. The predicted molar refractivity (Wildman–Crippen MR) is 56.9 cm³/mol. The Labute approximate surface area is 92.8 Å². The highest BCUT2D eigenvalue weighted by atomic mass is 35.5. The summed E-state index contributed by atoms with van der Waals surface area (Å²) < 4.78 is 1.67. The van der Waals surface area contributed by atoms with Crippen LogP contribution in [0.5, 0.6) is 0 Å². The van der Waals surface area contributed by atoms with Gasteiger partial charge in [0.25, 0.3) is 5.91 Å². The van der Waals surface area contributed by atoms with Crippen LogP contribution >= 0.6 is 11.6 Å². The minimum Gasteiger partial charge on any atom is -0.394 e. The van der Waals surface area contributed by atoms with E-state index in [2.05, 4.69) is 5.32 Å². The van der Waals surface area contributed by atoms with E-state index in [0.29, 0.717) is 10.7 Å². The van der Waals surface area contributed by atoms with Gasteiger partial charge in [0.05, 0.1) is 17.2 Å². The SMILES string of the molecule is Cn1cc(Cl)cc1C(=O)NC1(CO)CC1. The Kier molecular flexibility index (Phi) is 2.48. The topological polar surface area (TPSA) is 54.3 Å². The number of hydrogen-bond acceptors (Lipinski definition) is 2. The Morgan fingerprint density at radius 1 is 1.73 bits per heavy atom. The van der Waals surface area contributed by atoms with Gasteiger partial charge in [0.1, 0.15) is 5.69 Å². The number of hydrogen-bond donors (Lipinski definition) is 2. The maximum Gasteiger partial charge on any atom is 0.268 e. The molecule has 2 N–H and O–H groups in total. The minimum absolute atomic E-state index is 0.00308. The largest absolute Gasteiger partial charge is 0.394 e. The number of carbonyl (C=O) groups is 1. The van der Waals surface area contributed by atoms with Crippen molar-refractivity contribution >= 4 is 17.5 Å². The smallest absolute Gasteiger partial charge is 0.268 e. The number of amides is 1. The molecule has 1 aromatic heterocycles. The summed E-state index contributed by atoms with van der Waals surface area (Å²) in [4.78, 5) is 11.8. The van der Waals surface area contributed by atoms with Gasteiger partial charge in [0, 0.05) is 13.2 Å². The molecule has 2 rings (SSSR count). The molecule has 1 aromatic rings. The second-order valence-corrected chi connectivity index (χ2v) is 4.48. The van der Waals surface area contributed by atoms with Gasteiger partial charge in [-0.2, -0.15) is 0 Å². The summed E-state index contributed by atoms with van der Waals surface area (Å²) in [6.07, 6.45) is 3.36. The minimum atomic E-state index is -0.381. The van der Waals surface area contributed by atoms with E-state index in [1.54, 1.807) is 23.9 Å². The van der Waals surface area contributed by atoms with Crippen molar-refractivity contribution < 1.29 is 9.90 Å². The van der Waals surface area contributed by atoms with E-state index in [0.717, 1.165) is 12.8 Å². The third-order valence-electron chi connectivity index (χ3n) is 2.74. The van der Waals surface area contributed by atoms with E-state index in [1.165, 1.54) is 0 Å². The quantitative estimate of drug-likeness (QED) is 0.809. The lowest BCUT2D eigenvalue weighted by atomic mass is 10.2. The lowest BCUT2D eigenvalue weighted by molar-refractivity contribution is 0.0898. The zero-order chi connectivity index (χ0) is 11.1. The first-order valence-electron chi connectivity index (χ1n) is 4.82.